The van der Waals surface area contributed by atoms with E-state index in [0.29, 0.717) is 59.2 Å². The molecule has 8 rings (SSSR count). The second kappa shape index (κ2) is 28.8. The molecule has 0 radical (unpaired) electrons. The van der Waals surface area contributed by atoms with Crippen LogP contribution in [0.5, 0.6) is 11.5 Å². The van der Waals surface area contributed by atoms with Crippen LogP contribution in [0.3, 0.4) is 0 Å². The Balaban J connectivity index is 1.15. The molecule has 6 fully saturated rings. The standard InChI is InChI=1S/C63H96Cl2N4O15S/c1-35-30-62(9,76-15)57(83-60-52(67(11)12)47(28-36(2)78-60)68-22-25-77-26-23-68)38(4)54(82-50-31-61(8,75-14)56(71)40(6)79-50)39(5)58(72)80-41(7)63(10)51(37(3)53(35)70)55(59(73)84-63)85-27-24-69(34-44-45(64)32-66-33-46(44)65)42-20-21-48(74-13)49(29-42)81-43-18-16-17-19-43/h20-21,29,32-33,35-41,43,47,50-52,54-57,60,71H,16-19,22-28,30-31,34H2,1-15H3/t35-,36-,37-,38+,39-,40+,41-,47-,50+,51+,52+,54+,55+,56+,57-,60+,61-,62-,63-/m1/s1. The van der Waals surface area contributed by atoms with Gasteiger partial charge in [-0.25, -0.2) is 0 Å². The number of methoxy groups -OCH3 is 3. The quantitative estimate of drug-likeness (QED) is 0.139. The van der Waals surface area contributed by atoms with Crippen LogP contribution in [0.4, 0.5) is 5.69 Å². The van der Waals surface area contributed by atoms with E-state index < -0.39 is 107 Å². The zero-order valence-electron chi connectivity index (χ0n) is 52.7. The molecule has 0 spiro atoms. The van der Waals surface area contributed by atoms with E-state index >= 15 is 9.59 Å². The predicted molar refractivity (Wildman–Crippen MR) is 325 cm³/mol. The molecule has 1 aromatic carbocycles. The second-order valence-electron chi connectivity index (χ2n) is 25.6. The molecule has 1 aromatic heterocycles. The number of cyclic esters (lactones) is 1. The van der Waals surface area contributed by atoms with Crippen LogP contribution in [0.1, 0.15) is 120 Å². The number of likely N-dealkylation sites (N-methyl/N-ethyl adjacent to an activating group) is 1. The van der Waals surface area contributed by atoms with Crippen LogP contribution in [0.15, 0.2) is 30.6 Å². The van der Waals surface area contributed by atoms with Crippen LogP contribution >= 0.6 is 35.0 Å². The van der Waals surface area contributed by atoms with Gasteiger partial charge in [-0.1, -0.05) is 44.0 Å². The van der Waals surface area contributed by atoms with E-state index in [-0.39, 0.29) is 42.9 Å². The third-order valence-corrected chi connectivity index (χ3v) is 21.5. The van der Waals surface area contributed by atoms with E-state index in [0.717, 1.165) is 50.9 Å². The number of anilines is 1. The highest BCUT2D eigenvalue weighted by Crippen LogP contribution is 2.50. The van der Waals surface area contributed by atoms with Gasteiger partial charge in [0.25, 0.3) is 0 Å². The van der Waals surface area contributed by atoms with Gasteiger partial charge in [-0.2, -0.15) is 0 Å². The third-order valence-electron chi connectivity index (χ3n) is 19.6. The number of hydrogen-bond acceptors (Lipinski definition) is 20. The monoisotopic (exact) mass is 1250 g/mol. The lowest BCUT2D eigenvalue weighted by Crippen LogP contribution is -2.65. The van der Waals surface area contributed by atoms with E-state index in [2.05, 4.69) is 26.6 Å². The van der Waals surface area contributed by atoms with Gasteiger partial charge in [-0.3, -0.25) is 24.3 Å². The van der Waals surface area contributed by atoms with Gasteiger partial charge in [0.1, 0.15) is 23.2 Å². The predicted octanol–water partition coefficient (Wildman–Crippen LogP) is 9.05. The molecule has 478 valence electrons. The molecule has 19 atom stereocenters. The Kier molecular flexibility index (Phi) is 23.0. The number of esters is 2. The Morgan fingerprint density at radius 2 is 1.52 bits per heavy atom. The number of ether oxygens (including phenoxy) is 11. The number of hydrogen-bond donors (Lipinski definition) is 1. The molecule has 0 unspecified atom stereocenters. The number of ketones is 1. The number of nitrogens with zero attached hydrogens (tertiary/aromatic N) is 4. The first-order valence-corrected chi connectivity index (χ1v) is 32.4. The minimum absolute atomic E-state index is 0.0449. The van der Waals surface area contributed by atoms with E-state index in [1.165, 1.54) is 11.8 Å². The largest absolute Gasteiger partial charge is 0.493 e. The number of Topliss-reactive ketones (excluding diaryl/α,β-unsaturated/α-hetero) is 1. The number of aliphatic hydroxyl groups excluding tert-OH is 1. The first kappa shape index (κ1) is 67.8. The first-order valence-electron chi connectivity index (χ1n) is 30.6. The van der Waals surface area contributed by atoms with Gasteiger partial charge >= 0.3 is 11.9 Å². The van der Waals surface area contributed by atoms with E-state index in [4.69, 9.17) is 75.3 Å². The summed E-state index contributed by atoms with van der Waals surface area (Å²) < 4.78 is 71.7. The molecule has 5 aliphatic heterocycles. The highest BCUT2D eigenvalue weighted by atomic mass is 35.5. The summed E-state index contributed by atoms with van der Waals surface area (Å²) in [6, 6.07) is 5.61. The van der Waals surface area contributed by atoms with Crippen molar-refractivity contribution in [2.24, 2.45) is 29.6 Å². The van der Waals surface area contributed by atoms with Crippen LogP contribution in [0.2, 0.25) is 10.0 Å². The van der Waals surface area contributed by atoms with Gasteiger partial charge in [0.2, 0.25) is 0 Å². The smallest absolute Gasteiger partial charge is 0.320 e. The number of morpholine rings is 1. The fourth-order valence-corrected chi connectivity index (χ4v) is 16.3. The van der Waals surface area contributed by atoms with Crippen LogP contribution in [0.25, 0.3) is 0 Å². The highest BCUT2D eigenvalue weighted by Gasteiger charge is 2.61. The number of halogens is 2. The third kappa shape index (κ3) is 14.9. The van der Waals surface area contributed by atoms with Crippen LogP contribution in [0, 0.1) is 29.6 Å². The molecule has 22 heteroatoms. The second-order valence-corrected chi connectivity index (χ2v) is 27.7. The molecule has 1 aliphatic carbocycles. The maximum atomic E-state index is 15.6. The minimum atomic E-state index is -1.47. The Bertz CT molecular complexity index is 2560. The maximum Gasteiger partial charge on any atom is 0.320 e. The van der Waals surface area contributed by atoms with Crippen molar-refractivity contribution >= 4 is 58.4 Å². The fourth-order valence-electron chi connectivity index (χ4n) is 14.4. The number of thioether (sulfide) groups is 1. The fraction of sp³-hybridized carbons (Fsp3) is 0.778. The summed E-state index contributed by atoms with van der Waals surface area (Å²) in [5.74, 6) is -3.54. The van der Waals surface area contributed by atoms with Gasteiger partial charge in [0.05, 0.1) is 84.1 Å². The molecule has 19 nitrogen and oxygen atoms in total. The molecule has 2 aromatic rings. The lowest BCUT2D eigenvalue weighted by Gasteiger charge is -2.52. The number of benzene rings is 1. The number of carbonyl (C=O) groups excluding carboxylic acids is 3. The number of aromatic nitrogens is 1. The van der Waals surface area contributed by atoms with Crippen molar-refractivity contribution in [1.29, 1.82) is 0 Å². The lowest BCUT2D eigenvalue weighted by atomic mass is 9.70. The lowest BCUT2D eigenvalue weighted by molar-refractivity contribution is -0.314. The number of carbonyl (C=O) groups is 3. The number of aliphatic hydroxyl groups is 1. The van der Waals surface area contributed by atoms with Crippen molar-refractivity contribution in [3.8, 4) is 11.5 Å². The first-order chi connectivity index (χ1) is 40.3. The molecule has 6 heterocycles. The van der Waals surface area contributed by atoms with Gasteiger partial charge in [0.15, 0.2) is 29.7 Å². The molecular formula is C63H96Cl2N4O15S. The van der Waals surface area contributed by atoms with Crippen molar-refractivity contribution in [1.82, 2.24) is 14.8 Å². The van der Waals surface area contributed by atoms with Crippen molar-refractivity contribution in [3.63, 3.8) is 0 Å². The SMILES string of the molecule is COc1ccc(N(CCS[C@@H]2C(=O)O[C@@]3(C)[C@H]2[C@@H](C)C(=O)[C@H](C)C[C@@](C)(OC)[C@H](O[C@@H]2O[C@H](C)C[C@@H](N4CCOCC4)[C@@H]2N(C)C)[C@@H](C)[C@H](O[C@H]2C[C@@](C)(OC)[C@@H](O)[C@H](C)O2)[C@@H](C)C(=O)O[C@@H]3C)Cc2c(Cl)cncc2Cl)cc1OC1CCCC1. The normalized spacial score (nSPS) is 38.4. The van der Waals surface area contributed by atoms with Crippen LogP contribution in [-0.4, -0.2) is 201 Å². The summed E-state index contributed by atoms with van der Waals surface area (Å²) in [5.41, 5.74) is -2.27. The van der Waals surface area contributed by atoms with E-state index in [1.807, 2.05) is 66.9 Å². The zero-order valence-corrected chi connectivity index (χ0v) is 55.0. The molecule has 85 heavy (non-hydrogen) atoms. The molecule has 6 aliphatic rings. The summed E-state index contributed by atoms with van der Waals surface area (Å²) in [6.45, 7) is 22.0. The van der Waals surface area contributed by atoms with E-state index in [9.17, 15) is 9.90 Å². The summed E-state index contributed by atoms with van der Waals surface area (Å²) in [5, 5.41) is 11.3. The Morgan fingerprint density at radius 3 is 2.15 bits per heavy atom. The Morgan fingerprint density at radius 1 is 0.847 bits per heavy atom. The molecule has 5 saturated heterocycles. The van der Waals surface area contributed by atoms with Crippen molar-refractivity contribution in [3.05, 3.63) is 46.2 Å². The van der Waals surface area contributed by atoms with Gasteiger partial charge < -0.3 is 67.0 Å². The van der Waals surface area contributed by atoms with E-state index in [1.54, 1.807) is 61.4 Å². The molecule has 0 bridgehead atoms. The molecule has 0 amide bonds. The van der Waals surface area contributed by atoms with Crippen molar-refractivity contribution in [2.45, 2.75) is 210 Å². The summed E-state index contributed by atoms with van der Waals surface area (Å²) in [6.07, 6.45) is 1.84. The van der Waals surface area contributed by atoms with Gasteiger partial charge in [0, 0.05) is 112 Å². The van der Waals surface area contributed by atoms with Crippen LogP contribution in [-0.2, 0) is 63.6 Å². The number of rotatable bonds is 18. The van der Waals surface area contributed by atoms with Crippen molar-refractivity contribution < 1.29 is 71.6 Å². The summed E-state index contributed by atoms with van der Waals surface area (Å²) in [7, 11) is 8.84. The number of fused-ring (bicyclic) bond motifs is 1. The molecule has 1 N–H and O–H groups in total. The number of pyridine rings is 1. The maximum absolute atomic E-state index is 15.6. The molecule has 1 saturated carbocycles. The highest BCUT2D eigenvalue weighted by molar-refractivity contribution is 8.00. The Labute approximate surface area is 518 Å². The topological polar surface area (TPSA) is 196 Å². The minimum Gasteiger partial charge on any atom is -0.493 e. The Hall–Kier alpha value is -3.09. The summed E-state index contributed by atoms with van der Waals surface area (Å²) >= 11 is 15.0. The average Bonchev–Trinajstić information content (AvgIpc) is 1.88. The average molecular weight is 1250 g/mol. The molecular weight excluding hydrogens is 1160 g/mol. The van der Waals surface area contributed by atoms with Gasteiger partial charge in [-0.05, 0) is 113 Å². The zero-order chi connectivity index (χ0) is 61.9. The van der Waals surface area contributed by atoms with Gasteiger partial charge in [-0.15, -0.1) is 11.8 Å². The van der Waals surface area contributed by atoms with Crippen molar-refractivity contribution in [2.75, 3.05) is 78.9 Å². The summed E-state index contributed by atoms with van der Waals surface area (Å²) in [4.78, 5) is 56.6. The van der Waals surface area contributed by atoms with Crippen LogP contribution < -0.4 is 14.4 Å².